The highest BCUT2D eigenvalue weighted by atomic mass is 32.2. The molecule has 1 aliphatic heterocycles. The largest absolute Gasteiger partial charge is 0.403 e. The topological polar surface area (TPSA) is 160 Å². The number of H-pyrrole nitrogens is 1. The van der Waals surface area contributed by atoms with Crippen LogP contribution in [0.1, 0.15) is 30.6 Å². The molecule has 1 amide bonds. The van der Waals surface area contributed by atoms with Crippen LogP contribution in [-0.4, -0.2) is 62.5 Å². The van der Waals surface area contributed by atoms with E-state index in [9.17, 15) is 13.2 Å². The lowest BCUT2D eigenvalue weighted by Crippen LogP contribution is -2.42. The van der Waals surface area contributed by atoms with Crippen LogP contribution in [-0.2, 0) is 10.0 Å². The molecule has 0 bridgehead atoms. The summed E-state index contributed by atoms with van der Waals surface area (Å²) in [5, 5.41) is 24.1. The van der Waals surface area contributed by atoms with Gasteiger partial charge in [-0.2, -0.15) is 4.31 Å². The number of amides is 1. The molecular formula is C23H24N8O4S. The van der Waals surface area contributed by atoms with Gasteiger partial charge in [0.2, 0.25) is 15.9 Å². The molecule has 1 aliphatic rings. The van der Waals surface area contributed by atoms with Gasteiger partial charge in [0.15, 0.2) is 5.82 Å². The van der Waals surface area contributed by atoms with Crippen LogP contribution in [0.25, 0.3) is 22.8 Å². The molecule has 36 heavy (non-hydrogen) atoms. The fourth-order valence-corrected chi connectivity index (χ4v) is 6.05. The van der Waals surface area contributed by atoms with E-state index in [0.717, 1.165) is 12.0 Å². The van der Waals surface area contributed by atoms with Crippen LogP contribution >= 0.6 is 0 Å². The standard InChI is InChI=1S/C23H24N8O4S/c1-14-10-15(2)13-31(12-14)36(33,34)19-8-6-16(7-9-19)21(32)24-23-28-27-22(35-23)18-5-3-4-17(11-18)20-25-29-30-26-20/h3-9,11,14-15H,10,12-13H2,1-2H3,(H,24,28,32)(H,25,26,29,30)/t14-,15+. The highest BCUT2D eigenvalue weighted by Gasteiger charge is 2.31. The number of rotatable bonds is 6. The predicted molar refractivity (Wildman–Crippen MR) is 129 cm³/mol. The third kappa shape index (κ3) is 4.88. The minimum Gasteiger partial charge on any atom is -0.403 e. The molecular weight excluding hydrogens is 484 g/mol. The minimum atomic E-state index is -3.63. The molecule has 2 N–H and O–H groups in total. The van der Waals surface area contributed by atoms with Crippen molar-refractivity contribution in [1.82, 2.24) is 35.1 Å². The number of piperidine rings is 1. The van der Waals surface area contributed by atoms with Gasteiger partial charge in [0.05, 0.1) is 4.90 Å². The minimum absolute atomic E-state index is 0.0882. The second-order valence-corrected chi connectivity index (χ2v) is 10.9. The summed E-state index contributed by atoms with van der Waals surface area (Å²) in [4.78, 5) is 12.8. The van der Waals surface area contributed by atoms with Gasteiger partial charge in [-0.1, -0.05) is 31.1 Å². The summed E-state index contributed by atoms with van der Waals surface area (Å²) in [7, 11) is -3.63. The van der Waals surface area contributed by atoms with Gasteiger partial charge < -0.3 is 4.42 Å². The van der Waals surface area contributed by atoms with Gasteiger partial charge in [-0.3, -0.25) is 10.1 Å². The molecule has 0 saturated carbocycles. The normalized spacial score (nSPS) is 18.7. The van der Waals surface area contributed by atoms with Crippen LogP contribution in [0.4, 0.5) is 6.01 Å². The first-order valence-corrected chi connectivity index (χ1v) is 12.8. The van der Waals surface area contributed by atoms with Gasteiger partial charge in [-0.25, -0.2) is 13.5 Å². The van der Waals surface area contributed by atoms with Crippen molar-refractivity contribution in [3.8, 4) is 22.8 Å². The van der Waals surface area contributed by atoms with Gasteiger partial charge in [0.1, 0.15) is 0 Å². The number of nitrogens with one attached hydrogen (secondary N) is 2. The van der Waals surface area contributed by atoms with E-state index in [1.807, 2.05) is 6.07 Å². The number of carbonyl (C=O) groups is 1. The van der Waals surface area contributed by atoms with E-state index >= 15 is 0 Å². The fourth-order valence-electron chi connectivity index (χ4n) is 4.37. The molecule has 186 valence electrons. The molecule has 1 fully saturated rings. The van der Waals surface area contributed by atoms with E-state index in [1.165, 1.54) is 28.6 Å². The molecule has 2 aromatic heterocycles. The SMILES string of the molecule is C[C@@H]1C[C@H](C)CN(S(=O)(=O)c2ccc(C(=O)Nc3nnc(-c4cccc(-c5nnn[nH]5)c4)o3)cc2)C1. The Hall–Kier alpha value is -3.97. The maximum Gasteiger partial charge on any atom is 0.322 e. The average Bonchev–Trinajstić information content (AvgIpc) is 3.56. The quantitative estimate of drug-likeness (QED) is 0.399. The maximum atomic E-state index is 13.1. The molecule has 3 heterocycles. The number of nitrogens with zero attached hydrogens (tertiary/aromatic N) is 6. The number of hydrogen-bond donors (Lipinski definition) is 2. The third-order valence-electron chi connectivity index (χ3n) is 5.96. The number of aromatic amines is 1. The smallest absolute Gasteiger partial charge is 0.322 e. The van der Waals surface area contributed by atoms with Crippen LogP contribution in [0, 0.1) is 11.8 Å². The van der Waals surface area contributed by atoms with Crippen molar-refractivity contribution in [1.29, 1.82) is 0 Å². The Balaban J connectivity index is 1.27. The lowest BCUT2D eigenvalue weighted by Gasteiger charge is -2.34. The van der Waals surface area contributed by atoms with E-state index in [-0.39, 0.29) is 22.4 Å². The Labute approximate surface area is 207 Å². The number of benzene rings is 2. The summed E-state index contributed by atoms with van der Waals surface area (Å²) in [6.07, 6.45) is 1.01. The zero-order valence-electron chi connectivity index (χ0n) is 19.6. The third-order valence-corrected chi connectivity index (χ3v) is 7.81. The number of hydrogen-bond acceptors (Lipinski definition) is 9. The summed E-state index contributed by atoms with van der Waals surface area (Å²) >= 11 is 0. The zero-order chi connectivity index (χ0) is 25.3. The van der Waals surface area contributed by atoms with E-state index < -0.39 is 15.9 Å². The molecule has 4 aromatic rings. The predicted octanol–water partition coefficient (Wildman–Crippen LogP) is 2.84. The van der Waals surface area contributed by atoms with Crippen LogP contribution in [0.2, 0.25) is 0 Å². The number of tetrazole rings is 1. The van der Waals surface area contributed by atoms with Crippen molar-refractivity contribution < 1.29 is 17.6 Å². The van der Waals surface area contributed by atoms with E-state index in [0.29, 0.717) is 36.3 Å². The lowest BCUT2D eigenvalue weighted by molar-refractivity contribution is 0.102. The number of anilines is 1. The maximum absolute atomic E-state index is 13.1. The first-order chi connectivity index (χ1) is 17.3. The van der Waals surface area contributed by atoms with Gasteiger partial charge in [-0.05, 0) is 65.1 Å². The average molecular weight is 509 g/mol. The summed E-state index contributed by atoms with van der Waals surface area (Å²) < 4.78 is 33.2. The van der Waals surface area contributed by atoms with E-state index in [1.54, 1.807) is 18.2 Å². The second kappa shape index (κ2) is 9.59. The van der Waals surface area contributed by atoms with Crippen LogP contribution in [0.5, 0.6) is 0 Å². The highest BCUT2D eigenvalue weighted by molar-refractivity contribution is 7.89. The van der Waals surface area contributed by atoms with Crippen LogP contribution in [0.3, 0.4) is 0 Å². The Morgan fingerprint density at radius 3 is 2.44 bits per heavy atom. The van der Waals surface area contributed by atoms with Crippen molar-refractivity contribution in [2.45, 2.75) is 25.2 Å². The number of aromatic nitrogens is 6. The Morgan fingerprint density at radius 1 is 1.03 bits per heavy atom. The number of carbonyl (C=O) groups excluding carboxylic acids is 1. The van der Waals surface area contributed by atoms with Gasteiger partial charge in [-0.15, -0.1) is 10.2 Å². The monoisotopic (exact) mass is 508 g/mol. The molecule has 2 aromatic carbocycles. The highest BCUT2D eigenvalue weighted by Crippen LogP contribution is 2.27. The van der Waals surface area contributed by atoms with Crippen molar-refractivity contribution in [2.24, 2.45) is 11.8 Å². The van der Waals surface area contributed by atoms with E-state index in [2.05, 4.69) is 50.0 Å². The molecule has 0 spiro atoms. The summed E-state index contributed by atoms with van der Waals surface area (Å²) in [6, 6.07) is 12.9. The molecule has 2 atom stereocenters. The fraction of sp³-hybridized carbons (Fsp3) is 0.304. The van der Waals surface area contributed by atoms with Crippen molar-refractivity contribution in [3.63, 3.8) is 0 Å². The zero-order valence-corrected chi connectivity index (χ0v) is 20.4. The van der Waals surface area contributed by atoms with Crippen LogP contribution < -0.4 is 5.32 Å². The summed E-state index contributed by atoms with van der Waals surface area (Å²) in [5.41, 5.74) is 1.60. The Kier molecular flexibility index (Phi) is 6.33. The molecule has 12 nitrogen and oxygen atoms in total. The molecule has 0 aliphatic carbocycles. The van der Waals surface area contributed by atoms with Gasteiger partial charge >= 0.3 is 6.01 Å². The first-order valence-electron chi connectivity index (χ1n) is 11.4. The summed E-state index contributed by atoms with van der Waals surface area (Å²) in [6.45, 7) is 5.10. The Bertz CT molecular complexity index is 1460. The number of sulfonamides is 1. The second-order valence-electron chi connectivity index (χ2n) is 8.99. The Morgan fingerprint density at radius 2 is 1.75 bits per heavy atom. The van der Waals surface area contributed by atoms with Crippen molar-refractivity contribution in [3.05, 3.63) is 54.1 Å². The molecule has 5 rings (SSSR count). The van der Waals surface area contributed by atoms with Crippen molar-refractivity contribution >= 4 is 21.9 Å². The van der Waals surface area contributed by atoms with Gasteiger partial charge in [0.25, 0.3) is 5.91 Å². The summed E-state index contributed by atoms with van der Waals surface area (Å²) in [5.74, 6) is 0.783. The van der Waals surface area contributed by atoms with E-state index in [4.69, 9.17) is 4.42 Å². The molecule has 0 radical (unpaired) electrons. The molecule has 0 unspecified atom stereocenters. The van der Waals surface area contributed by atoms with Crippen molar-refractivity contribution in [2.75, 3.05) is 18.4 Å². The first kappa shape index (κ1) is 23.8. The molecule has 13 heteroatoms. The lowest BCUT2D eigenvalue weighted by atomic mass is 9.94. The van der Waals surface area contributed by atoms with Crippen LogP contribution in [0.15, 0.2) is 57.8 Å². The van der Waals surface area contributed by atoms with Gasteiger partial charge in [0, 0.05) is 29.8 Å². The molecule has 1 saturated heterocycles.